The molecule has 0 aliphatic carbocycles. The maximum absolute atomic E-state index is 12.7. The zero-order valence-corrected chi connectivity index (χ0v) is 23.7. The Bertz CT molecular complexity index is 1570. The molecule has 40 heavy (non-hydrogen) atoms. The van der Waals surface area contributed by atoms with E-state index in [1.54, 1.807) is 36.5 Å². The summed E-state index contributed by atoms with van der Waals surface area (Å²) in [5.74, 6) is 1.40. The third kappa shape index (κ3) is 6.97. The maximum atomic E-state index is 12.7. The number of nitriles is 1. The van der Waals surface area contributed by atoms with E-state index in [0.717, 1.165) is 18.5 Å². The van der Waals surface area contributed by atoms with Crippen LogP contribution in [0, 0.1) is 18.3 Å². The molecule has 4 aromatic rings. The van der Waals surface area contributed by atoms with Crippen LogP contribution in [0.4, 0.5) is 17.1 Å². The molecule has 0 unspecified atom stereocenters. The lowest BCUT2D eigenvalue weighted by molar-refractivity contribution is -0.116. The smallest absolute Gasteiger partial charge is 0.224 e. The molecule has 9 nitrogen and oxygen atoms in total. The summed E-state index contributed by atoms with van der Waals surface area (Å²) in [7, 11) is 3.94. The van der Waals surface area contributed by atoms with Crippen molar-refractivity contribution >= 4 is 45.5 Å². The normalized spacial score (nSPS) is 10.8. The second-order valence-electron chi connectivity index (χ2n) is 9.41. The average molecular weight is 559 g/mol. The second-order valence-corrected chi connectivity index (χ2v) is 9.81. The van der Waals surface area contributed by atoms with E-state index in [0.29, 0.717) is 69.0 Å². The largest absolute Gasteiger partial charge is 0.492 e. The van der Waals surface area contributed by atoms with Crippen LogP contribution in [0.3, 0.4) is 0 Å². The van der Waals surface area contributed by atoms with Crippen molar-refractivity contribution in [3.8, 4) is 23.4 Å². The highest BCUT2D eigenvalue weighted by Crippen LogP contribution is 2.38. The summed E-state index contributed by atoms with van der Waals surface area (Å²) in [6.45, 7) is 5.00. The standard InChI is InChI=1S/C30H31ClN6O3/c1-5-39-27-16-25-22(15-26(27)35-28(38)9-7-13-37(3)4)29(20(17-32)18-34-25)36-24-11-10-21(14-23(24)31)40-30-19(2)8-6-12-33-30/h6,8,10-12,14-16,18H,5,7,9,13H2,1-4H3,(H,34,36)(H,35,38). The molecule has 0 atom stereocenters. The van der Waals surface area contributed by atoms with Gasteiger partial charge in [0, 0.05) is 41.9 Å². The highest BCUT2D eigenvalue weighted by Gasteiger charge is 2.17. The number of benzene rings is 2. The number of carbonyl (C=O) groups excluding carboxylic acids is 1. The van der Waals surface area contributed by atoms with Crippen LogP contribution in [-0.4, -0.2) is 48.0 Å². The Labute approximate surface area is 238 Å². The molecular formula is C30H31ClN6O3. The number of hydrogen-bond donors (Lipinski definition) is 2. The Kier molecular flexibility index (Phi) is 9.38. The molecule has 0 spiro atoms. The number of halogens is 1. The zero-order chi connectivity index (χ0) is 28.6. The van der Waals surface area contributed by atoms with Crippen LogP contribution < -0.4 is 20.1 Å². The van der Waals surface area contributed by atoms with Crippen LogP contribution in [0.25, 0.3) is 10.9 Å². The number of pyridine rings is 2. The molecule has 0 saturated heterocycles. The molecule has 2 aromatic carbocycles. The highest BCUT2D eigenvalue weighted by atomic mass is 35.5. The summed E-state index contributed by atoms with van der Waals surface area (Å²) >= 11 is 6.63. The molecule has 2 N–H and O–H groups in total. The topological polar surface area (TPSA) is 112 Å². The Morgan fingerprint density at radius 1 is 1.15 bits per heavy atom. The lowest BCUT2D eigenvalue weighted by atomic mass is 10.1. The molecule has 0 bridgehead atoms. The first-order valence-electron chi connectivity index (χ1n) is 12.9. The van der Waals surface area contributed by atoms with Gasteiger partial charge in [0.05, 0.1) is 39.8 Å². The minimum atomic E-state index is -0.122. The molecule has 0 radical (unpaired) electrons. The quantitative estimate of drug-likeness (QED) is 0.210. The molecule has 1 amide bonds. The highest BCUT2D eigenvalue weighted by molar-refractivity contribution is 6.33. The number of ether oxygens (including phenoxy) is 2. The predicted molar refractivity (Wildman–Crippen MR) is 158 cm³/mol. The number of aryl methyl sites for hydroxylation is 1. The number of nitrogens with one attached hydrogen (secondary N) is 2. The van der Waals surface area contributed by atoms with E-state index in [9.17, 15) is 10.1 Å². The monoisotopic (exact) mass is 558 g/mol. The maximum Gasteiger partial charge on any atom is 0.224 e. The van der Waals surface area contributed by atoms with Gasteiger partial charge in [-0.1, -0.05) is 17.7 Å². The first-order valence-corrected chi connectivity index (χ1v) is 13.3. The molecule has 0 aliphatic rings. The van der Waals surface area contributed by atoms with Crippen molar-refractivity contribution in [2.24, 2.45) is 0 Å². The Morgan fingerprint density at radius 3 is 2.67 bits per heavy atom. The van der Waals surface area contributed by atoms with Crippen LogP contribution in [0.5, 0.6) is 17.4 Å². The van der Waals surface area contributed by atoms with E-state index in [-0.39, 0.29) is 5.91 Å². The third-order valence-corrected chi connectivity index (χ3v) is 6.36. The molecular weight excluding hydrogens is 528 g/mol. The van der Waals surface area contributed by atoms with Crippen LogP contribution in [0.15, 0.2) is 54.9 Å². The number of hydrogen-bond acceptors (Lipinski definition) is 8. The van der Waals surface area contributed by atoms with Crippen molar-refractivity contribution in [3.05, 3.63) is 71.0 Å². The fourth-order valence-corrected chi connectivity index (χ4v) is 4.28. The number of nitrogens with zero attached hydrogens (tertiary/aromatic N) is 4. The van der Waals surface area contributed by atoms with Crippen molar-refractivity contribution in [2.45, 2.75) is 26.7 Å². The predicted octanol–water partition coefficient (Wildman–Crippen LogP) is 6.68. The van der Waals surface area contributed by atoms with Gasteiger partial charge >= 0.3 is 0 Å². The molecule has 2 aromatic heterocycles. The van der Waals surface area contributed by atoms with E-state index < -0.39 is 0 Å². The van der Waals surface area contributed by atoms with Gasteiger partial charge in [0.15, 0.2) is 0 Å². The van der Waals surface area contributed by atoms with E-state index in [4.69, 9.17) is 21.1 Å². The molecule has 206 valence electrons. The van der Waals surface area contributed by atoms with Gasteiger partial charge in [-0.3, -0.25) is 9.78 Å². The van der Waals surface area contributed by atoms with Crippen LogP contribution in [-0.2, 0) is 4.79 Å². The third-order valence-electron chi connectivity index (χ3n) is 6.05. The molecule has 4 rings (SSSR count). The minimum absolute atomic E-state index is 0.122. The van der Waals surface area contributed by atoms with Gasteiger partial charge in [0.2, 0.25) is 11.8 Å². The van der Waals surface area contributed by atoms with Gasteiger partial charge in [-0.25, -0.2) is 4.98 Å². The summed E-state index contributed by atoms with van der Waals surface area (Å²) in [5, 5.41) is 17.1. The van der Waals surface area contributed by atoms with Crippen molar-refractivity contribution < 1.29 is 14.3 Å². The number of amides is 1. The van der Waals surface area contributed by atoms with E-state index in [1.165, 1.54) is 6.20 Å². The van der Waals surface area contributed by atoms with Crippen LogP contribution in [0.1, 0.15) is 30.9 Å². The molecule has 0 aliphatic heterocycles. The fourth-order valence-electron chi connectivity index (χ4n) is 4.07. The van der Waals surface area contributed by atoms with Crippen molar-refractivity contribution in [3.63, 3.8) is 0 Å². The van der Waals surface area contributed by atoms with E-state index in [1.807, 2.05) is 45.0 Å². The summed E-state index contributed by atoms with van der Waals surface area (Å²) in [6, 6.07) is 14.7. The zero-order valence-electron chi connectivity index (χ0n) is 22.9. The second kappa shape index (κ2) is 13.1. The molecule has 10 heteroatoms. The van der Waals surface area contributed by atoms with Crippen LogP contribution in [0.2, 0.25) is 5.02 Å². The van der Waals surface area contributed by atoms with Crippen molar-refractivity contribution in [1.82, 2.24) is 14.9 Å². The molecule has 0 saturated carbocycles. The number of anilines is 3. The van der Waals surface area contributed by atoms with Gasteiger partial charge < -0.3 is 25.0 Å². The minimum Gasteiger partial charge on any atom is -0.492 e. The van der Waals surface area contributed by atoms with Gasteiger partial charge in [-0.15, -0.1) is 0 Å². The summed E-state index contributed by atoms with van der Waals surface area (Å²) < 4.78 is 11.7. The van der Waals surface area contributed by atoms with E-state index in [2.05, 4.69) is 26.7 Å². The Hall–Kier alpha value is -4.39. The average Bonchev–Trinajstić information content (AvgIpc) is 2.92. The van der Waals surface area contributed by atoms with Gasteiger partial charge in [0.1, 0.15) is 17.6 Å². The van der Waals surface area contributed by atoms with Crippen molar-refractivity contribution in [2.75, 3.05) is 37.9 Å². The molecule has 2 heterocycles. The summed E-state index contributed by atoms with van der Waals surface area (Å²) in [6.07, 6.45) is 4.25. The summed E-state index contributed by atoms with van der Waals surface area (Å²) in [4.78, 5) is 23.5. The number of rotatable bonds is 11. The number of carbonyl (C=O) groups is 1. The molecule has 0 fully saturated rings. The Balaban J connectivity index is 1.67. The number of aromatic nitrogens is 2. The fraction of sp³-hybridized carbons (Fsp3) is 0.267. The van der Waals surface area contributed by atoms with Gasteiger partial charge in [0.25, 0.3) is 0 Å². The van der Waals surface area contributed by atoms with E-state index >= 15 is 0 Å². The lowest BCUT2D eigenvalue weighted by Gasteiger charge is -2.17. The Morgan fingerprint density at radius 2 is 1.98 bits per heavy atom. The van der Waals surface area contributed by atoms with Crippen LogP contribution >= 0.6 is 11.6 Å². The lowest BCUT2D eigenvalue weighted by Crippen LogP contribution is -2.17. The van der Waals surface area contributed by atoms with Gasteiger partial charge in [-0.05, 0) is 65.2 Å². The number of fused-ring (bicyclic) bond motifs is 1. The van der Waals surface area contributed by atoms with Gasteiger partial charge in [-0.2, -0.15) is 5.26 Å². The first kappa shape index (κ1) is 28.6. The SMILES string of the molecule is CCOc1cc2ncc(C#N)c(Nc3ccc(Oc4ncccc4C)cc3Cl)c2cc1NC(=O)CCCN(C)C. The first-order chi connectivity index (χ1) is 19.3. The van der Waals surface area contributed by atoms with Crippen molar-refractivity contribution in [1.29, 1.82) is 5.26 Å². The summed E-state index contributed by atoms with van der Waals surface area (Å²) in [5.41, 5.74) is 3.39.